The predicted octanol–water partition coefficient (Wildman–Crippen LogP) is 3.67. The Bertz CT molecular complexity index is 700. The van der Waals surface area contributed by atoms with Crippen LogP contribution >= 0.6 is 15.9 Å². The SMILES string of the molecule is Fc1cc2nc(-c3cncc(Br)c3)[nH]c2cc1F. The van der Waals surface area contributed by atoms with Crippen molar-refractivity contribution in [1.29, 1.82) is 0 Å². The molecule has 0 amide bonds. The van der Waals surface area contributed by atoms with Crippen LogP contribution in [-0.2, 0) is 0 Å². The van der Waals surface area contributed by atoms with Crippen molar-refractivity contribution in [3.05, 3.63) is 46.7 Å². The minimum Gasteiger partial charge on any atom is -0.338 e. The van der Waals surface area contributed by atoms with Crippen LogP contribution in [-0.4, -0.2) is 15.0 Å². The Morgan fingerprint density at radius 1 is 1.06 bits per heavy atom. The second kappa shape index (κ2) is 4.13. The van der Waals surface area contributed by atoms with E-state index in [9.17, 15) is 8.78 Å². The van der Waals surface area contributed by atoms with E-state index in [2.05, 4.69) is 30.9 Å². The van der Waals surface area contributed by atoms with Crippen LogP contribution in [0.2, 0.25) is 0 Å². The third kappa shape index (κ3) is 1.88. The number of hydrogen-bond donors (Lipinski definition) is 1. The number of benzene rings is 1. The van der Waals surface area contributed by atoms with E-state index >= 15 is 0 Å². The predicted molar refractivity (Wildman–Crippen MR) is 66.9 cm³/mol. The van der Waals surface area contributed by atoms with Crippen LogP contribution < -0.4 is 0 Å². The summed E-state index contributed by atoms with van der Waals surface area (Å²) in [5, 5.41) is 0. The highest BCUT2D eigenvalue weighted by molar-refractivity contribution is 9.10. The van der Waals surface area contributed by atoms with Gasteiger partial charge in [0.2, 0.25) is 0 Å². The maximum atomic E-state index is 13.1. The van der Waals surface area contributed by atoms with Crippen molar-refractivity contribution in [1.82, 2.24) is 15.0 Å². The first kappa shape index (κ1) is 11.3. The Labute approximate surface area is 109 Å². The lowest BCUT2D eigenvalue weighted by Crippen LogP contribution is -1.82. The summed E-state index contributed by atoms with van der Waals surface area (Å²) in [6.45, 7) is 0. The van der Waals surface area contributed by atoms with Crippen LogP contribution in [0.3, 0.4) is 0 Å². The molecule has 0 aliphatic rings. The normalized spacial score (nSPS) is 11.1. The van der Waals surface area contributed by atoms with Crippen LogP contribution in [0.4, 0.5) is 8.78 Å². The number of imidazole rings is 1. The van der Waals surface area contributed by atoms with E-state index in [0.717, 1.165) is 22.2 Å². The monoisotopic (exact) mass is 309 g/mol. The summed E-state index contributed by atoms with van der Waals surface area (Å²) in [6.07, 6.45) is 3.26. The lowest BCUT2D eigenvalue weighted by atomic mass is 10.3. The van der Waals surface area contributed by atoms with Gasteiger partial charge in [0.1, 0.15) is 5.82 Å². The highest BCUT2D eigenvalue weighted by atomic mass is 79.9. The molecule has 2 aromatic heterocycles. The molecule has 0 aliphatic heterocycles. The summed E-state index contributed by atoms with van der Waals surface area (Å²) in [4.78, 5) is 11.1. The fourth-order valence-corrected chi connectivity index (χ4v) is 2.05. The molecule has 0 saturated carbocycles. The molecule has 3 rings (SSSR count). The minimum atomic E-state index is -0.909. The highest BCUT2D eigenvalue weighted by Crippen LogP contribution is 2.23. The van der Waals surface area contributed by atoms with Gasteiger partial charge in [-0.1, -0.05) is 0 Å². The van der Waals surface area contributed by atoms with Gasteiger partial charge < -0.3 is 4.98 Å². The zero-order valence-electron chi connectivity index (χ0n) is 8.92. The molecule has 18 heavy (non-hydrogen) atoms. The second-order valence-corrected chi connectivity index (χ2v) is 4.68. The Morgan fingerprint density at radius 3 is 2.61 bits per heavy atom. The van der Waals surface area contributed by atoms with E-state index in [-0.39, 0.29) is 0 Å². The molecular formula is C12H6BrF2N3. The number of fused-ring (bicyclic) bond motifs is 1. The maximum absolute atomic E-state index is 13.1. The zero-order valence-corrected chi connectivity index (χ0v) is 10.5. The third-order valence-electron chi connectivity index (χ3n) is 2.50. The molecule has 0 spiro atoms. The first-order valence-corrected chi connectivity index (χ1v) is 5.88. The van der Waals surface area contributed by atoms with E-state index in [1.165, 1.54) is 0 Å². The molecule has 0 bridgehead atoms. The number of halogens is 3. The average Bonchev–Trinajstić information content (AvgIpc) is 2.73. The van der Waals surface area contributed by atoms with E-state index in [4.69, 9.17) is 0 Å². The summed E-state index contributed by atoms with van der Waals surface area (Å²) in [5.74, 6) is -1.29. The Morgan fingerprint density at radius 2 is 1.83 bits per heavy atom. The lowest BCUT2D eigenvalue weighted by Gasteiger charge is -1.95. The quantitative estimate of drug-likeness (QED) is 0.745. The molecule has 2 heterocycles. The van der Waals surface area contributed by atoms with Gasteiger partial charge in [0, 0.05) is 34.6 Å². The molecule has 0 fully saturated rings. The number of H-pyrrole nitrogens is 1. The van der Waals surface area contributed by atoms with Crippen molar-refractivity contribution in [2.45, 2.75) is 0 Å². The summed E-state index contributed by atoms with van der Waals surface area (Å²) in [5.41, 5.74) is 1.56. The number of aromatic nitrogens is 3. The largest absolute Gasteiger partial charge is 0.338 e. The summed E-state index contributed by atoms with van der Waals surface area (Å²) in [7, 11) is 0. The molecular weight excluding hydrogens is 304 g/mol. The van der Waals surface area contributed by atoms with Crippen LogP contribution in [0.15, 0.2) is 35.1 Å². The van der Waals surface area contributed by atoms with Gasteiger partial charge in [-0.15, -0.1) is 0 Å². The molecule has 0 atom stereocenters. The van der Waals surface area contributed by atoms with Crippen molar-refractivity contribution < 1.29 is 8.78 Å². The first-order valence-electron chi connectivity index (χ1n) is 5.09. The van der Waals surface area contributed by atoms with Gasteiger partial charge in [-0.3, -0.25) is 4.98 Å². The molecule has 6 heteroatoms. The van der Waals surface area contributed by atoms with Crippen LogP contribution in [0.1, 0.15) is 0 Å². The number of hydrogen-bond acceptors (Lipinski definition) is 2. The number of rotatable bonds is 1. The van der Waals surface area contributed by atoms with E-state index < -0.39 is 11.6 Å². The van der Waals surface area contributed by atoms with Gasteiger partial charge in [0.15, 0.2) is 11.6 Å². The standard InChI is InChI=1S/C12H6BrF2N3/c13-7-1-6(4-16-5-7)12-17-10-2-8(14)9(15)3-11(10)18-12/h1-5H,(H,17,18). The molecule has 0 saturated heterocycles. The Balaban J connectivity index is 2.19. The Kier molecular flexibility index (Phi) is 2.59. The maximum Gasteiger partial charge on any atom is 0.161 e. The smallest absolute Gasteiger partial charge is 0.161 e. The zero-order chi connectivity index (χ0) is 12.7. The molecule has 3 aromatic rings. The van der Waals surface area contributed by atoms with Gasteiger partial charge in [0.25, 0.3) is 0 Å². The molecule has 0 radical (unpaired) electrons. The van der Waals surface area contributed by atoms with Crippen molar-refractivity contribution >= 4 is 27.0 Å². The summed E-state index contributed by atoms with van der Waals surface area (Å²) < 4.78 is 27.0. The van der Waals surface area contributed by atoms with Gasteiger partial charge >= 0.3 is 0 Å². The first-order chi connectivity index (χ1) is 8.63. The van der Waals surface area contributed by atoms with E-state index in [1.807, 2.05) is 6.07 Å². The van der Waals surface area contributed by atoms with Crippen molar-refractivity contribution in [3.63, 3.8) is 0 Å². The van der Waals surface area contributed by atoms with E-state index in [0.29, 0.717) is 16.9 Å². The third-order valence-corrected chi connectivity index (χ3v) is 2.94. The van der Waals surface area contributed by atoms with Crippen molar-refractivity contribution in [2.75, 3.05) is 0 Å². The fourth-order valence-electron chi connectivity index (χ4n) is 1.68. The average molecular weight is 310 g/mol. The molecule has 1 aromatic carbocycles. The summed E-state index contributed by atoms with van der Waals surface area (Å²) >= 11 is 3.30. The number of nitrogens with zero attached hydrogens (tertiary/aromatic N) is 2. The molecule has 0 unspecified atom stereocenters. The molecule has 1 N–H and O–H groups in total. The fraction of sp³-hybridized carbons (Fsp3) is 0. The minimum absolute atomic E-state index is 0.379. The highest BCUT2D eigenvalue weighted by Gasteiger charge is 2.10. The van der Waals surface area contributed by atoms with Crippen molar-refractivity contribution in [2.24, 2.45) is 0 Å². The van der Waals surface area contributed by atoms with Crippen LogP contribution in [0.5, 0.6) is 0 Å². The van der Waals surface area contributed by atoms with Gasteiger partial charge in [-0.05, 0) is 22.0 Å². The molecule has 0 aliphatic carbocycles. The van der Waals surface area contributed by atoms with Crippen LogP contribution in [0, 0.1) is 11.6 Å². The number of aromatic amines is 1. The topological polar surface area (TPSA) is 41.6 Å². The number of pyridine rings is 1. The lowest BCUT2D eigenvalue weighted by molar-refractivity contribution is 0.510. The Hall–Kier alpha value is -1.82. The molecule has 90 valence electrons. The van der Waals surface area contributed by atoms with Gasteiger partial charge in [-0.25, -0.2) is 13.8 Å². The van der Waals surface area contributed by atoms with Gasteiger partial charge in [-0.2, -0.15) is 0 Å². The summed E-state index contributed by atoms with van der Waals surface area (Å²) in [6, 6.07) is 3.97. The second-order valence-electron chi connectivity index (χ2n) is 3.76. The molecule has 3 nitrogen and oxygen atoms in total. The van der Waals surface area contributed by atoms with Gasteiger partial charge in [0.05, 0.1) is 11.0 Å². The van der Waals surface area contributed by atoms with E-state index in [1.54, 1.807) is 12.4 Å². The van der Waals surface area contributed by atoms with Crippen LogP contribution in [0.25, 0.3) is 22.4 Å². The van der Waals surface area contributed by atoms with Crippen molar-refractivity contribution in [3.8, 4) is 11.4 Å². The number of nitrogens with one attached hydrogen (secondary N) is 1.